The number of ether oxygens (including phenoxy) is 1. The van der Waals surface area contributed by atoms with Gasteiger partial charge >= 0.3 is 191 Å². The SMILES string of the molecule is CCCCC1(OC(C)=O)CC[CH2][Sn]([CH2]CCC)([O]C(C)=O)[C]1(CCCC)CCCC. The molecule has 1 rings (SSSR count). The fraction of sp³-hybridized carbons (Fsp3) is 0.920. The number of hydrogen-bond acceptors (Lipinski definition) is 4. The van der Waals surface area contributed by atoms with E-state index in [2.05, 4.69) is 27.7 Å². The molecular formula is C25H48O4Sn. The van der Waals surface area contributed by atoms with E-state index in [4.69, 9.17) is 7.81 Å². The van der Waals surface area contributed by atoms with Crippen LogP contribution in [0.1, 0.15) is 125 Å². The van der Waals surface area contributed by atoms with Gasteiger partial charge in [0.05, 0.1) is 0 Å². The molecule has 0 spiro atoms. The fourth-order valence-electron chi connectivity index (χ4n) is 6.15. The molecule has 0 aliphatic carbocycles. The molecule has 0 aromatic heterocycles. The standard InChI is InChI=1S/C19H36O2.C4H9.C2H4O2.Sn/c1-6-10-13-18(14-11-7-2)19(15-9-4,16-12-8-3)21-17(5)20;1-3-4-2;1-2(3)4;/h4,6-16H2,1-3,5H3;1,3-4H2,2H3;1H3,(H,3,4);/q;;;+1/p-1. The molecule has 2 unspecified atom stereocenters. The third-order valence-electron chi connectivity index (χ3n) is 7.37. The van der Waals surface area contributed by atoms with Crippen LogP contribution >= 0.6 is 0 Å². The van der Waals surface area contributed by atoms with Crippen molar-refractivity contribution in [1.82, 2.24) is 0 Å². The second-order valence-electron chi connectivity index (χ2n) is 9.53. The summed E-state index contributed by atoms with van der Waals surface area (Å²) in [5.74, 6) is -0.266. The molecule has 0 bridgehead atoms. The van der Waals surface area contributed by atoms with Crippen molar-refractivity contribution < 1.29 is 17.4 Å². The van der Waals surface area contributed by atoms with Gasteiger partial charge in [-0.25, -0.2) is 0 Å². The average Bonchev–Trinajstić information content (AvgIpc) is 2.69. The Morgan fingerprint density at radius 3 is 1.80 bits per heavy atom. The zero-order chi connectivity index (χ0) is 22.7. The molecule has 0 aromatic carbocycles. The first-order valence-electron chi connectivity index (χ1n) is 12.7. The second kappa shape index (κ2) is 13.3. The van der Waals surface area contributed by atoms with Crippen LogP contribution in [0.4, 0.5) is 0 Å². The van der Waals surface area contributed by atoms with E-state index in [0.29, 0.717) is 0 Å². The summed E-state index contributed by atoms with van der Waals surface area (Å²) >= 11 is -3.50. The molecule has 1 fully saturated rings. The number of rotatable bonds is 14. The minimum atomic E-state index is -3.50. The van der Waals surface area contributed by atoms with Crippen LogP contribution in [0.5, 0.6) is 0 Å². The molecular weight excluding hydrogens is 483 g/mol. The molecule has 2 atom stereocenters. The Hall–Kier alpha value is -0.261. The first kappa shape index (κ1) is 27.8. The molecule has 0 radical (unpaired) electrons. The second-order valence-corrected chi connectivity index (χ2v) is 21.4. The number of carbonyl (C=O) groups is 2. The van der Waals surface area contributed by atoms with E-state index >= 15 is 0 Å². The quantitative estimate of drug-likeness (QED) is 0.170. The van der Waals surface area contributed by atoms with Crippen LogP contribution in [0.3, 0.4) is 0 Å². The van der Waals surface area contributed by atoms with Crippen molar-refractivity contribution >= 4 is 30.7 Å². The maximum atomic E-state index is 12.5. The summed E-state index contributed by atoms with van der Waals surface area (Å²) in [7, 11) is 0. The average molecular weight is 531 g/mol. The van der Waals surface area contributed by atoms with E-state index in [-0.39, 0.29) is 15.4 Å². The van der Waals surface area contributed by atoms with Crippen molar-refractivity contribution in [1.29, 1.82) is 0 Å². The van der Waals surface area contributed by atoms with Crippen LogP contribution in [0.25, 0.3) is 0 Å². The molecule has 5 heteroatoms. The Labute approximate surface area is 190 Å². The van der Waals surface area contributed by atoms with E-state index in [1.54, 1.807) is 13.8 Å². The molecule has 1 heterocycles. The third kappa shape index (κ3) is 6.38. The number of unbranched alkanes of at least 4 members (excludes halogenated alkanes) is 4. The molecule has 1 aliphatic rings. The summed E-state index contributed by atoms with van der Waals surface area (Å²) in [6.07, 6.45) is 13.8. The van der Waals surface area contributed by atoms with Crippen molar-refractivity contribution in [3.63, 3.8) is 0 Å². The van der Waals surface area contributed by atoms with E-state index in [9.17, 15) is 9.59 Å². The molecule has 0 amide bonds. The third-order valence-corrected chi connectivity index (χ3v) is 23.6. The topological polar surface area (TPSA) is 52.6 Å². The van der Waals surface area contributed by atoms with Gasteiger partial charge in [0.15, 0.2) is 0 Å². The van der Waals surface area contributed by atoms with E-state index < -0.39 is 24.4 Å². The van der Waals surface area contributed by atoms with E-state index in [1.807, 2.05) is 0 Å². The number of esters is 1. The van der Waals surface area contributed by atoms with Crippen molar-refractivity contribution in [2.45, 2.75) is 143 Å². The monoisotopic (exact) mass is 532 g/mol. The van der Waals surface area contributed by atoms with Gasteiger partial charge in [-0.1, -0.05) is 0 Å². The minimum absolute atomic E-state index is 0.103. The van der Waals surface area contributed by atoms with Crippen LogP contribution in [0, 0.1) is 0 Å². The van der Waals surface area contributed by atoms with E-state index in [1.165, 1.54) is 0 Å². The van der Waals surface area contributed by atoms with Gasteiger partial charge in [0.1, 0.15) is 0 Å². The molecule has 0 saturated carbocycles. The van der Waals surface area contributed by atoms with Gasteiger partial charge in [-0.05, 0) is 0 Å². The van der Waals surface area contributed by atoms with Crippen LogP contribution < -0.4 is 0 Å². The van der Waals surface area contributed by atoms with Crippen LogP contribution in [0.15, 0.2) is 0 Å². The van der Waals surface area contributed by atoms with Gasteiger partial charge in [0.2, 0.25) is 0 Å². The van der Waals surface area contributed by atoms with Crippen LogP contribution in [0.2, 0.25) is 12.3 Å². The van der Waals surface area contributed by atoms with Gasteiger partial charge in [-0.15, -0.1) is 0 Å². The molecule has 0 aromatic rings. The molecule has 30 heavy (non-hydrogen) atoms. The van der Waals surface area contributed by atoms with Crippen molar-refractivity contribution in [3.8, 4) is 0 Å². The zero-order valence-electron chi connectivity index (χ0n) is 20.7. The summed E-state index contributed by atoms with van der Waals surface area (Å²) < 4.78 is 15.1. The predicted molar refractivity (Wildman–Crippen MR) is 127 cm³/mol. The number of carbonyl (C=O) groups excluding carboxylic acids is 2. The first-order valence-corrected chi connectivity index (χ1v) is 19.3. The van der Waals surface area contributed by atoms with Gasteiger partial charge in [0, 0.05) is 0 Å². The summed E-state index contributed by atoms with van der Waals surface area (Å²) in [4.78, 5) is 24.9. The Morgan fingerprint density at radius 1 is 0.800 bits per heavy atom. The normalized spacial score (nSPS) is 25.7. The fourth-order valence-corrected chi connectivity index (χ4v) is 23.9. The Bertz CT molecular complexity index is 489. The Morgan fingerprint density at radius 2 is 1.33 bits per heavy atom. The van der Waals surface area contributed by atoms with Gasteiger partial charge in [-0.3, -0.25) is 0 Å². The molecule has 176 valence electrons. The zero-order valence-corrected chi connectivity index (χ0v) is 23.6. The molecule has 0 N–H and O–H groups in total. The molecule has 1 saturated heterocycles. The van der Waals surface area contributed by atoms with Crippen molar-refractivity contribution in [2.75, 3.05) is 0 Å². The summed E-state index contributed by atoms with van der Waals surface area (Å²) in [5, 5.41) is 0. The van der Waals surface area contributed by atoms with Gasteiger partial charge < -0.3 is 0 Å². The Kier molecular flexibility index (Phi) is 12.3. The molecule has 1 aliphatic heterocycles. The summed E-state index contributed by atoms with van der Waals surface area (Å²) in [6.45, 7) is 12.1. The number of hydrogen-bond donors (Lipinski definition) is 0. The van der Waals surface area contributed by atoms with Gasteiger partial charge in [0.25, 0.3) is 0 Å². The first-order chi connectivity index (χ1) is 14.3. The van der Waals surface area contributed by atoms with Gasteiger partial charge in [-0.2, -0.15) is 0 Å². The Balaban J connectivity index is 3.75. The van der Waals surface area contributed by atoms with Crippen molar-refractivity contribution in [3.05, 3.63) is 0 Å². The van der Waals surface area contributed by atoms with E-state index in [0.717, 1.165) is 92.3 Å². The van der Waals surface area contributed by atoms with Crippen molar-refractivity contribution in [2.24, 2.45) is 0 Å². The van der Waals surface area contributed by atoms with Crippen LogP contribution in [-0.2, 0) is 17.4 Å². The predicted octanol–water partition coefficient (Wildman–Crippen LogP) is 7.70. The maximum absolute atomic E-state index is 12.5. The molecule has 4 nitrogen and oxygen atoms in total. The summed E-state index contributed by atoms with van der Waals surface area (Å²) in [6, 6.07) is 0. The van der Waals surface area contributed by atoms with Crippen LogP contribution in [-0.4, -0.2) is 36.3 Å². The summed E-state index contributed by atoms with van der Waals surface area (Å²) in [5.41, 5.74) is -0.448.